The lowest BCUT2D eigenvalue weighted by molar-refractivity contribution is 0.189. The first-order valence-electron chi connectivity index (χ1n) is 5.75. The van der Waals surface area contributed by atoms with Crippen molar-refractivity contribution in [3.8, 4) is 0 Å². The zero-order valence-electron chi connectivity index (χ0n) is 8.92. The Balaban J connectivity index is 1.87. The molecule has 2 heteroatoms. The first-order chi connectivity index (χ1) is 6.27. The van der Waals surface area contributed by atoms with Gasteiger partial charge in [0.15, 0.2) is 0 Å². The molecule has 2 rings (SSSR count). The van der Waals surface area contributed by atoms with E-state index >= 15 is 0 Å². The van der Waals surface area contributed by atoms with Crippen LogP contribution < -0.4 is 5.32 Å². The van der Waals surface area contributed by atoms with Crippen LogP contribution in [0.15, 0.2) is 0 Å². The van der Waals surface area contributed by atoms with Gasteiger partial charge in [0, 0.05) is 18.6 Å². The number of rotatable bonds is 2. The lowest BCUT2D eigenvalue weighted by Crippen LogP contribution is -2.41. The number of hydrogen-bond acceptors (Lipinski definition) is 2. The second-order valence-electron chi connectivity index (χ2n) is 4.78. The highest BCUT2D eigenvalue weighted by molar-refractivity contribution is 4.87. The van der Waals surface area contributed by atoms with Gasteiger partial charge in [0.1, 0.15) is 0 Å². The Morgan fingerprint density at radius 1 is 1.38 bits per heavy atom. The van der Waals surface area contributed by atoms with Crippen LogP contribution in [0, 0.1) is 5.92 Å². The fraction of sp³-hybridized carbons (Fsp3) is 1.00. The first-order valence-corrected chi connectivity index (χ1v) is 5.75. The molecule has 1 heterocycles. The quantitative estimate of drug-likeness (QED) is 0.695. The molecule has 0 amide bonds. The fourth-order valence-electron chi connectivity index (χ4n) is 2.38. The minimum atomic E-state index is 0.684. The van der Waals surface area contributed by atoms with Crippen molar-refractivity contribution in [2.75, 3.05) is 19.6 Å². The third kappa shape index (κ3) is 2.44. The zero-order valence-corrected chi connectivity index (χ0v) is 8.92. The summed E-state index contributed by atoms with van der Waals surface area (Å²) in [5.74, 6) is 1.02. The van der Waals surface area contributed by atoms with Crippen LogP contribution in [0.1, 0.15) is 33.1 Å². The summed E-state index contributed by atoms with van der Waals surface area (Å²) in [4.78, 5) is 2.68. The third-order valence-electron chi connectivity index (χ3n) is 3.50. The average Bonchev–Trinajstić information content (AvgIpc) is 2.88. The molecule has 2 atom stereocenters. The van der Waals surface area contributed by atoms with Crippen LogP contribution in [0.25, 0.3) is 0 Å². The van der Waals surface area contributed by atoms with Gasteiger partial charge in [-0.15, -0.1) is 0 Å². The molecule has 0 aromatic rings. The van der Waals surface area contributed by atoms with Gasteiger partial charge in [0.05, 0.1) is 0 Å². The van der Waals surface area contributed by atoms with Gasteiger partial charge in [0.2, 0.25) is 0 Å². The second kappa shape index (κ2) is 3.97. The molecule has 1 aliphatic carbocycles. The van der Waals surface area contributed by atoms with Crippen molar-refractivity contribution >= 4 is 0 Å². The molecule has 2 nitrogen and oxygen atoms in total. The van der Waals surface area contributed by atoms with Gasteiger partial charge < -0.3 is 5.32 Å². The van der Waals surface area contributed by atoms with E-state index in [-0.39, 0.29) is 0 Å². The maximum absolute atomic E-state index is 3.55. The molecular formula is C11H22N2. The maximum Gasteiger partial charge on any atom is 0.0166 e. The molecule has 13 heavy (non-hydrogen) atoms. The smallest absolute Gasteiger partial charge is 0.0166 e. The molecule has 1 N–H and O–H groups in total. The largest absolute Gasteiger partial charge is 0.313 e. The van der Waals surface area contributed by atoms with E-state index in [4.69, 9.17) is 0 Å². The summed E-state index contributed by atoms with van der Waals surface area (Å²) in [6.07, 6.45) is 4.26. The molecule has 0 bridgehead atoms. The van der Waals surface area contributed by atoms with E-state index < -0.39 is 0 Å². The van der Waals surface area contributed by atoms with Crippen LogP contribution in [0.2, 0.25) is 0 Å². The van der Waals surface area contributed by atoms with Crippen LogP contribution in [-0.2, 0) is 0 Å². The van der Waals surface area contributed by atoms with Gasteiger partial charge in [-0.1, -0.05) is 0 Å². The van der Waals surface area contributed by atoms with E-state index in [1.807, 2.05) is 0 Å². The lowest BCUT2D eigenvalue weighted by Gasteiger charge is -2.29. The molecule has 0 spiro atoms. The summed E-state index contributed by atoms with van der Waals surface area (Å²) >= 11 is 0. The van der Waals surface area contributed by atoms with Crippen LogP contribution in [-0.4, -0.2) is 36.6 Å². The number of nitrogens with zero attached hydrogens (tertiary/aromatic N) is 1. The van der Waals surface area contributed by atoms with Crippen LogP contribution in [0.3, 0.4) is 0 Å². The fourth-order valence-corrected chi connectivity index (χ4v) is 2.38. The van der Waals surface area contributed by atoms with Gasteiger partial charge in [-0.05, 0) is 52.1 Å². The summed E-state index contributed by atoms with van der Waals surface area (Å²) in [5.41, 5.74) is 0. The third-order valence-corrected chi connectivity index (χ3v) is 3.50. The van der Waals surface area contributed by atoms with E-state index in [1.54, 1.807) is 0 Å². The van der Waals surface area contributed by atoms with E-state index in [0.717, 1.165) is 12.0 Å². The van der Waals surface area contributed by atoms with Crippen LogP contribution >= 0.6 is 0 Å². The summed E-state index contributed by atoms with van der Waals surface area (Å²) in [6.45, 7) is 8.47. The molecule has 1 saturated carbocycles. The minimum absolute atomic E-state index is 0.684. The Labute approximate surface area is 81.7 Å². The van der Waals surface area contributed by atoms with E-state index in [9.17, 15) is 0 Å². The molecular weight excluding hydrogens is 160 g/mol. The van der Waals surface area contributed by atoms with Gasteiger partial charge in [-0.3, -0.25) is 4.90 Å². The average molecular weight is 182 g/mol. The summed E-state index contributed by atoms with van der Waals surface area (Å²) in [6, 6.07) is 1.52. The Morgan fingerprint density at radius 2 is 2.15 bits per heavy atom. The molecule has 2 aliphatic rings. The van der Waals surface area contributed by atoms with E-state index in [2.05, 4.69) is 24.1 Å². The highest BCUT2D eigenvalue weighted by atomic mass is 15.2. The molecule has 1 saturated heterocycles. The van der Waals surface area contributed by atoms with E-state index in [0.29, 0.717) is 6.04 Å². The number of nitrogens with one attached hydrogen (secondary N) is 1. The van der Waals surface area contributed by atoms with Gasteiger partial charge in [-0.25, -0.2) is 0 Å². The normalized spacial score (nSPS) is 34.2. The van der Waals surface area contributed by atoms with Crippen molar-refractivity contribution in [3.63, 3.8) is 0 Å². The van der Waals surface area contributed by atoms with Gasteiger partial charge in [-0.2, -0.15) is 0 Å². The highest BCUT2D eigenvalue weighted by Gasteiger charge is 2.32. The number of hydrogen-bond donors (Lipinski definition) is 1. The zero-order chi connectivity index (χ0) is 9.26. The minimum Gasteiger partial charge on any atom is -0.313 e. The molecule has 2 unspecified atom stereocenters. The monoisotopic (exact) mass is 182 g/mol. The molecule has 76 valence electrons. The molecule has 0 aromatic carbocycles. The van der Waals surface area contributed by atoms with Crippen molar-refractivity contribution in [2.24, 2.45) is 5.92 Å². The van der Waals surface area contributed by atoms with Crippen molar-refractivity contribution in [1.29, 1.82) is 0 Å². The predicted octanol–water partition coefficient (Wildman–Crippen LogP) is 1.47. The Hall–Kier alpha value is -0.0800. The van der Waals surface area contributed by atoms with Crippen molar-refractivity contribution in [1.82, 2.24) is 10.2 Å². The Morgan fingerprint density at radius 3 is 2.85 bits per heavy atom. The maximum atomic E-state index is 3.55. The van der Waals surface area contributed by atoms with Crippen LogP contribution in [0.5, 0.6) is 0 Å². The SMILES string of the molecule is CC1CN(C(C)C2CC2)CCCN1. The molecule has 0 radical (unpaired) electrons. The summed E-state index contributed by atoms with van der Waals surface area (Å²) < 4.78 is 0. The van der Waals surface area contributed by atoms with Crippen molar-refractivity contribution in [3.05, 3.63) is 0 Å². The molecule has 2 fully saturated rings. The highest BCUT2D eigenvalue weighted by Crippen LogP contribution is 2.35. The Bertz CT molecular complexity index is 165. The predicted molar refractivity (Wildman–Crippen MR) is 55.8 cm³/mol. The van der Waals surface area contributed by atoms with Gasteiger partial charge >= 0.3 is 0 Å². The first kappa shape index (κ1) is 9.47. The topological polar surface area (TPSA) is 15.3 Å². The summed E-state index contributed by atoms with van der Waals surface area (Å²) in [5, 5.41) is 3.55. The molecule has 0 aromatic heterocycles. The van der Waals surface area contributed by atoms with Crippen molar-refractivity contribution in [2.45, 2.75) is 45.2 Å². The van der Waals surface area contributed by atoms with Gasteiger partial charge in [0.25, 0.3) is 0 Å². The Kier molecular flexibility index (Phi) is 2.89. The second-order valence-corrected chi connectivity index (χ2v) is 4.78. The summed E-state index contributed by atoms with van der Waals surface area (Å²) in [7, 11) is 0. The van der Waals surface area contributed by atoms with E-state index in [1.165, 1.54) is 38.9 Å². The van der Waals surface area contributed by atoms with Crippen LogP contribution in [0.4, 0.5) is 0 Å². The standard InChI is InChI=1S/C11H22N2/c1-9-8-13(7-3-6-12-9)10(2)11-4-5-11/h9-12H,3-8H2,1-2H3. The molecule has 1 aliphatic heterocycles. The van der Waals surface area contributed by atoms with Crippen molar-refractivity contribution < 1.29 is 0 Å². The lowest BCUT2D eigenvalue weighted by atomic mass is 10.1.